The highest BCUT2D eigenvalue weighted by atomic mass is 16.7. The van der Waals surface area contributed by atoms with E-state index in [0.717, 1.165) is 44.7 Å². The Morgan fingerprint density at radius 1 is 1.38 bits per heavy atom. The molecule has 1 spiro atoms. The minimum absolute atomic E-state index is 0.351. The summed E-state index contributed by atoms with van der Waals surface area (Å²) in [6.45, 7) is 2.29. The van der Waals surface area contributed by atoms with E-state index in [2.05, 4.69) is 28.3 Å². The molecule has 1 aliphatic heterocycles. The van der Waals surface area contributed by atoms with Crippen LogP contribution < -0.4 is 5.32 Å². The van der Waals surface area contributed by atoms with Gasteiger partial charge in [-0.25, -0.2) is 0 Å². The second-order valence-electron chi connectivity index (χ2n) is 6.05. The molecular weight excluding hydrogens is 266 g/mol. The maximum absolute atomic E-state index is 5.91. The largest absolute Gasteiger partial charge is 0.347 e. The Balaban J connectivity index is 1.70. The van der Waals surface area contributed by atoms with Crippen molar-refractivity contribution in [2.45, 2.75) is 43.7 Å². The highest BCUT2D eigenvalue weighted by Crippen LogP contribution is 2.37. The van der Waals surface area contributed by atoms with Crippen molar-refractivity contribution in [3.8, 4) is 0 Å². The predicted octanol–water partition coefficient (Wildman–Crippen LogP) is 1.40. The molecule has 1 aromatic rings. The van der Waals surface area contributed by atoms with Gasteiger partial charge in [0.1, 0.15) is 0 Å². The van der Waals surface area contributed by atoms with Crippen LogP contribution in [0.15, 0.2) is 24.4 Å². The molecule has 1 N–H and O–H groups in total. The summed E-state index contributed by atoms with van der Waals surface area (Å²) in [4.78, 5) is 6.80. The van der Waals surface area contributed by atoms with Crippen LogP contribution in [0.5, 0.6) is 0 Å². The van der Waals surface area contributed by atoms with Crippen molar-refractivity contribution in [1.82, 2.24) is 15.2 Å². The Morgan fingerprint density at radius 3 is 2.86 bits per heavy atom. The summed E-state index contributed by atoms with van der Waals surface area (Å²) in [7, 11) is 4.21. The van der Waals surface area contributed by atoms with E-state index in [-0.39, 0.29) is 5.79 Å². The molecule has 2 fully saturated rings. The van der Waals surface area contributed by atoms with Crippen LogP contribution in [0.2, 0.25) is 0 Å². The molecule has 1 saturated heterocycles. The van der Waals surface area contributed by atoms with E-state index >= 15 is 0 Å². The standard InChI is InChI=1S/C16H25N3O2/c1-17-14-6-7-16(20-9-10-21-16)11-15(14)19(2)12-13-5-3-4-8-18-13/h3-5,8,14-15,17H,6-7,9-12H2,1-2H3. The summed E-state index contributed by atoms with van der Waals surface area (Å²) in [6, 6.07) is 6.93. The lowest BCUT2D eigenvalue weighted by molar-refractivity contribution is -0.192. The molecule has 0 amide bonds. The molecule has 1 aromatic heterocycles. The molecule has 2 unspecified atom stereocenters. The number of nitrogens with one attached hydrogen (secondary N) is 1. The summed E-state index contributed by atoms with van der Waals surface area (Å²) in [6.07, 6.45) is 4.83. The highest BCUT2D eigenvalue weighted by molar-refractivity contribution is 5.04. The molecule has 2 atom stereocenters. The fourth-order valence-corrected chi connectivity index (χ4v) is 3.55. The lowest BCUT2D eigenvalue weighted by atomic mass is 9.84. The molecule has 1 saturated carbocycles. The minimum Gasteiger partial charge on any atom is -0.347 e. The van der Waals surface area contributed by atoms with Gasteiger partial charge in [0.05, 0.1) is 18.9 Å². The zero-order valence-corrected chi connectivity index (χ0v) is 12.9. The molecule has 116 valence electrons. The lowest BCUT2D eigenvalue weighted by Gasteiger charge is -2.44. The van der Waals surface area contributed by atoms with Gasteiger partial charge in [-0.3, -0.25) is 9.88 Å². The van der Waals surface area contributed by atoms with E-state index in [1.54, 1.807) is 0 Å². The molecule has 2 heterocycles. The number of ether oxygens (including phenoxy) is 2. The second kappa shape index (κ2) is 6.40. The molecule has 21 heavy (non-hydrogen) atoms. The summed E-state index contributed by atoms with van der Waals surface area (Å²) < 4.78 is 11.8. The van der Waals surface area contributed by atoms with Gasteiger partial charge in [-0.05, 0) is 32.6 Å². The summed E-state index contributed by atoms with van der Waals surface area (Å²) in [5.74, 6) is -0.351. The number of likely N-dealkylation sites (N-methyl/N-ethyl adjacent to an activating group) is 2. The number of hydrogen-bond donors (Lipinski definition) is 1. The Morgan fingerprint density at radius 2 is 2.19 bits per heavy atom. The molecular formula is C16H25N3O2. The van der Waals surface area contributed by atoms with E-state index < -0.39 is 0 Å². The summed E-state index contributed by atoms with van der Waals surface area (Å²) >= 11 is 0. The maximum Gasteiger partial charge on any atom is 0.170 e. The Kier molecular flexibility index (Phi) is 4.54. The van der Waals surface area contributed by atoms with Gasteiger partial charge < -0.3 is 14.8 Å². The van der Waals surface area contributed by atoms with E-state index in [9.17, 15) is 0 Å². The minimum atomic E-state index is -0.351. The average Bonchev–Trinajstić information content (AvgIpc) is 2.96. The van der Waals surface area contributed by atoms with Crippen molar-refractivity contribution >= 4 is 0 Å². The Hall–Kier alpha value is -1.01. The van der Waals surface area contributed by atoms with Crippen LogP contribution >= 0.6 is 0 Å². The predicted molar refractivity (Wildman–Crippen MR) is 80.8 cm³/mol. The van der Waals surface area contributed by atoms with Crippen molar-refractivity contribution in [3.63, 3.8) is 0 Å². The fourth-order valence-electron chi connectivity index (χ4n) is 3.55. The van der Waals surface area contributed by atoms with Crippen LogP contribution in [-0.4, -0.2) is 55.1 Å². The maximum atomic E-state index is 5.91. The first-order valence-corrected chi connectivity index (χ1v) is 7.78. The molecule has 0 radical (unpaired) electrons. The van der Waals surface area contributed by atoms with Crippen LogP contribution in [0, 0.1) is 0 Å². The number of rotatable bonds is 4. The highest BCUT2D eigenvalue weighted by Gasteiger charge is 2.45. The SMILES string of the molecule is CNC1CCC2(CC1N(C)Cc1ccccn1)OCCO2. The number of nitrogens with zero attached hydrogens (tertiary/aromatic N) is 2. The lowest BCUT2D eigenvalue weighted by Crippen LogP contribution is -2.56. The zero-order valence-electron chi connectivity index (χ0n) is 12.9. The van der Waals surface area contributed by atoms with Gasteiger partial charge in [0.2, 0.25) is 0 Å². The van der Waals surface area contributed by atoms with Crippen molar-refractivity contribution in [2.24, 2.45) is 0 Å². The molecule has 3 rings (SSSR count). The third kappa shape index (κ3) is 3.26. The van der Waals surface area contributed by atoms with Gasteiger partial charge in [-0.15, -0.1) is 0 Å². The first-order valence-electron chi connectivity index (χ1n) is 7.78. The third-order valence-corrected chi connectivity index (χ3v) is 4.71. The first kappa shape index (κ1) is 14.9. The number of aromatic nitrogens is 1. The second-order valence-corrected chi connectivity index (χ2v) is 6.05. The van der Waals surface area contributed by atoms with E-state index in [1.165, 1.54) is 0 Å². The molecule has 0 bridgehead atoms. The quantitative estimate of drug-likeness (QED) is 0.908. The topological polar surface area (TPSA) is 46.6 Å². The van der Waals surface area contributed by atoms with Crippen molar-refractivity contribution in [1.29, 1.82) is 0 Å². The smallest absolute Gasteiger partial charge is 0.170 e. The monoisotopic (exact) mass is 291 g/mol. The number of hydrogen-bond acceptors (Lipinski definition) is 5. The van der Waals surface area contributed by atoms with Crippen LogP contribution in [0.4, 0.5) is 0 Å². The van der Waals surface area contributed by atoms with Gasteiger partial charge >= 0.3 is 0 Å². The molecule has 5 nitrogen and oxygen atoms in total. The first-order chi connectivity index (χ1) is 10.2. The molecule has 2 aliphatic rings. The van der Waals surface area contributed by atoms with Crippen LogP contribution in [0.25, 0.3) is 0 Å². The van der Waals surface area contributed by atoms with E-state index in [4.69, 9.17) is 9.47 Å². The van der Waals surface area contributed by atoms with Crippen molar-refractivity contribution in [2.75, 3.05) is 27.3 Å². The summed E-state index contributed by atoms with van der Waals surface area (Å²) in [5.41, 5.74) is 1.10. The molecule has 5 heteroatoms. The van der Waals surface area contributed by atoms with Gasteiger partial charge in [-0.2, -0.15) is 0 Å². The van der Waals surface area contributed by atoms with Gasteiger partial charge in [0, 0.05) is 37.7 Å². The Labute approximate surface area is 126 Å². The van der Waals surface area contributed by atoms with E-state index in [1.807, 2.05) is 25.4 Å². The van der Waals surface area contributed by atoms with Crippen molar-refractivity contribution < 1.29 is 9.47 Å². The normalized spacial score (nSPS) is 28.3. The van der Waals surface area contributed by atoms with Crippen LogP contribution in [0.3, 0.4) is 0 Å². The molecule has 0 aromatic carbocycles. The van der Waals surface area contributed by atoms with Gasteiger partial charge in [0.15, 0.2) is 5.79 Å². The Bertz CT molecular complexity index is 448. The zero-order chi connectivity index (χ0) is 14.7. The number of pyridine rings is 1. The van der Waals surface area contributed by atoms with Gasteiger partial charge in [0.25, 0.3) is 0 Å². The van der Waals surface area contributed by atoms with Crippen molar-refractivity contribution in [3.05, 3.63) is 30.1 Å². The summed E-state index contributed by atoms with van der Waals surface area (Å²) in [5, 5.41) is 3.45. The van der Waals surface area contributed by atoms with E-state index in [0.29, 0.717) is 12.1 Å². The van der Waals surface area contributed by atoms with Crippen LogP contribution in [0.1, 0.15) is 25.0 Å². The fraction of sp³-hybridized carbons (Fsp3) is 0.688. The van der Waals surface area contributed by atoms with Gasteiger partial charge in [-0.1, -0.05) is 6.07 Å². The average molecular weight is 291 g/mol. The van der Waals surface area contributed by atoms with Crippen LogP contribution in [-0.2, 0) is 16.0 Å². The third-order valence-electron chi connectivity index (χ3n) is 4.71. The molecule has 1 aliphatic carbocycles.